The lowest BCUT2D eigenvalue weighted by Crippen LogP contribution is -2.06. The third-order valence-corrected chi connectivity index (χ3v) is 3.72. The highest BCUT2D eigenvalue weighted by molar-refractivity contribution is 5.83. The fourth-order valence-corrected chi connectivity index (χ4v) is 2.68. The molecule has 0 unspecified atom stereocenters. The van der Waals surface area contributed by atoms with Gasteiger partial charge in [0.25, 0.3) is 0 Å². The van der Waals surface area contributed by atoms with E-state index in [1.165, 1.54) is 28.6 Å². The number of hydrogen-bond acceptors (Lipinski definition) is 1. The predicted octanol–water partition coefficient (Wildman–Crippen LogP) is 3.60. The Labute approximate surface area is 117 Å². The standard InChI is InChI=1S/C17H17FN2/c1-12-10-20(17-5-3-2-4-16(12)17)11-13-6-7-15(18)8-14(13)9-19/h2-8,10H,9,11,19H2,1H3. The topological polar surface area (TPSA) is 30.9 Å². The van der Waals surface area contributed by atoms with E-state index in [1.54, 1.807) is 0 Å². The van der Waals surface area contributed by atoms with E-state index in [4.69, 9.17) is 5.73 Å². The first kappa shape index (κ1) is 12.9. The van der Waals surface area contributed by atoms with Crippen LogP contribution in [-0.2, 0) is 13.1 Å². The maximum atomic E-state index is 13.3. The number of nitrogens with two attached hydrogens (primary N) is 1. The quantitative estimate of drug-likeness (QED) is 0.773. The van der Waals surface area contributed by atoms with E-state index in [0.29, 0.717) is 13.1 Å². The van der Waals surface area contributed by atoms with Crippen LogP contribution in [0.4, 0.5) is 4.39 Å². The maximum absolute atomic E-state index is 13.3. The van der Waals surface area contributed by atoms with Crippen molar-refractivity contribution in [3.05, 3.63) is 71.2 Å². The molecule has 0 spiro atoms. The fourth-order valence-electron chi connectivity index (χ4n) is 2.68. The van der Waals surface area contributed by atoms with Gasteiger partial charge in [-0.05, 0) is 41.8 Å². The SMILES string of the molecule is Cc1cn(Cc2ccc(F)cc2CN)c2ccccc12. The third kappa shape index (κ3) is 2.21. The molecule has 3 rings (SSSR count). The van der Waals surface area contributed by atoms with Gasteiger partial charge >= 0.3 is 0 Å². The lowest BCUT2D eigenvalue weighted by atomic mass is 10.1. The molecule has 2 N–H and O–H groups in total. The van der Waals surface area contributed by atoms with Crippen molar-refractivity contribution in [3.63, 3.8) is 0 Å². The zero-order chi connectivity index (χ0) is 14.1. The van der Waals surface area contributed by atoms with Crippen molar-refractivity contribution < 1.29 is 4.39 Å². The Balaban J connectivity index is 2.06. The first-order valence-corrected chi connectivity index (χ1v) is 6.71. The number of para-hydroxylation sites is 1. The molecule has 0 aliphatic rings. The van der Waals surface area contributed by atoms with Crippen molar-refractivity contribution >= 4 is 10.9 Å². The molecule has 0 atom stereocenters. The lowest BCUT2D eigenvalue weighted by molar-refractivity contribution is 0.623. The number of hydrogen-bond donors (Lipinski definition) is 1. The minimum atomic E-state index is -0.234. The normalized spacial score (nSPS) is 11.2. The van der Waals surface area contributed by atoms with Gasteiger partial charge in [0.1, 0.15) is 5.82 Å². The summed E-state index contributed by atoms with van der Waals surface area (Å²) in [5.41, 5.74) is 10.1. The second-order valence-corrected chi connectivity index (χ2v) is 5.07. The van der Waals surface area contributed by atoms with Crippen LogP contribution in [0.25, 0.3) is 10.9 Å². The molecule has 102 valence electrons. The molecule has 0 saturated heterocycles. The first-order chi connectivity index (χ1) is 9.69. The van der Waals surface area contributed by atoms with Crippen molar-refractivity contribution in [3.8, 4) is 0 Å². The van der Waals surface area contributed by atoms with Crippen LogP contribution in [-0.4, -0.2) is 4.57 Å². The Morgan fingerprint density at radius 1 is 1.10 bits per heavy atom. The van der Waals surface area contributed by atoms with E-state index in [1.807, 2.05) is 18.2 Å². The largest absolute Gasteiger partial charge is 0.343 e. The van der Waals surface area contributed by atoms with Crippen LogP contribution in [0.2, 0.25) is 0 Å². The van der Waals surface area contributed by atoms with Gasteiger partial charge in [-0.3, -0.25) is 0 Å². The zero-order valence-corrected chi connectivity index (χ0v) is 11.4. The number of fused-ring (bicyclic) bond motifs is 1. The van der Waals surface area contributed by atoms with Crippen LogP contribution in [0.15, 0.2) is 48.7 Å². The Morgan fingerprint density at radius 3 is 2.70 bits per heavy atom. The molecular formula is C17H17FN2. The van der Waals surface area contributed by atoms with Crippen molar-refractivity contribution in [1.29, 1.82) is 0 Å². The van der Waals surface area contributed by atoms with Crippen molar-refractivity contribution in [2.75, 3.05) is 0 Å². The molecule has 2 nitrogen and oxygen atoms in total. The number of rotatable bonds is 3. The number of aromatic nitrogens is 1. The van der Waals surface area contributed by atoms with E-state index in [-0.39, 0.29) is 5.82 Å². The number of halogens is 1. The summed E-state index contributed by atoms with van der Waals surface area (Å²) in [6, 6.07) is 13.1. The maximum Gasteiger partial charge on any atom is 0.123 e. The van der Waals surface area contributed by atoms with Crippen molar-refractivity contribution in [2.45, 2.75) is 20.0 Å². The van der Waals surface area contributed by atoms with E-state index in [2.05, 4.69) is 29.8 Å². The molecule has 0 saturated carbocycles. The van der Waals surface area contributed by atoms with Crippen LogP contribution in [0.5, 0.6) is 0 Å². The molecule has 0 aliphatic heterocycles. The Kier molecular flexibility index (Phi) is 3.28. The van der Waals surface area contributed by atoms with Gasteiger partial charge < -0.3 is 10.3 Å². The van der Waals surface area contributed by atoms with Crippen LogP contribution in [0.1, 0.15) is 16.7 Å². The average molecular weight is 268 g/mol. The molecule has 1 heterocycles. The van der Waals surface area contributed by atoms with Gasteiger partial charge in [-0.1, -0.05) is 24.3 Å². The summed E-state index contributed by atoms with van der Waals surface area (Å²) in [6.45, 7) is 3.17. The first-order valence-electron chi connectivity index (χ1n) is 6.71. The number of nitrogens with zero attached hydrogens (tertiary/aromatic N) is 1. The van der Waals surface area contributed by atoms with Gasteiger partial charge in [0.15, 0.2) is 0 Å². The van der Waals surface area contributed by atoms with Crippen LogP contribution < -0.4 is 5.73 Å². The zero-order valence-electron chi connectivity index (χ0n) is 11.4. The van der Waals surface area contributed by atoms with Gasteiger partial charge in [0.05, 0.1) is 0 Å². The minimum absolute atomic E-state index is 0.234. The summed E-state index contributed by atoms with van der Waals surface area (Å²) < 4.78 is 15.5. The highest BCUT2D eigenvalue weighted by Gasteiger charge is 2.08. The van der Waals surface area contributed by atoms with Crippen molar-refractivity contribution in [1.82, 2.24) is 4.57 Å². The monoisotopic (exact) mass is 268 g/mol. The van der Waals surface area contributed by atoms with E-state index >= 15 is 0 Å². The van der Waals surface area contributed by atoms with Gasteiger partial charge in [-0.25, -0.2) is 4.39 Å². The van der Waals surface area contributed by atoms with Crippen LogP contribution in [0, 0.1) is 12.7 Å². The summed E-state index contributed by atoms with van der Waals surface area (Å²) in [4.78, 5) is 0. The van der Waals surface area contributed by atoms with Crippen molar-refractivity contribution in [2.24, 2.45) is 5.73 Å². The third-order valence-electron chi connectivity index (χ3n) is 3.72. The molecule has 0 aliphatic carbocycles. The van der Waals surface area contributed by atoms with E-state index in [9.17, 15) is 4.39 Å². The Morgan fingerprint density at radius 2 is 1.90 bits per heavy atom. The molecule has 1 aromatic heterocycles. The lowest BCUT2D eigenvalue weighted by Gasteiger charge is -2.10. The van der Waals surface area contributed by atoms with E-state index < -0.39 is 0 Å². The molecule has 0 bridgehead atoms. The molecule has 0 radical (unpaired) electrons. The number of benzene rings is 2. The molecule has 20 heavy (non-hydrogen) atoms. The Bertz CT molecular complexity index is 759. The smallest absolute Gasteiger partial charge is 0.123 e. The molecule has 2 aromatic carbocycles. The predicted molar refractivity (Wildman–Crippen MR) is 80.1 cm³/mol. The molecule has 3 aromatic rings. The van der Waals surface area contributed by atoms with Gasteiger partial charge in [-0.2, -0.15) is 0 Å². The summed E-state index contributed by atoms with van der Waals surface area (Å²) >= 11 is 0. The van der Waals surface area contributed by atoms with Crippen LogP contribution in [0.3, 0.4) is 0 Å². The summed E-state index contributed by atoms with van der Waals surface area (Å²) in [7, 11) is 0. The highest BCUT2D eigenvalue weighted by atomic mass is 19.1. The van der Waals surface area contributed by atoms with Crippen LogP contribution >= 0.6 is 0 Å². The van der Waals surface area contributed by atoms with Gasteiger partial charge in [-0.15, -0.1) is 0 Å². The summed E-state index contributed by atoms with van der Waals surface area (Å²) in [6.07, 6.45) is 2.13. The summed E-state index contributed by atoms with van der Waals surface area (Å²) in [5, 5.41) is 1.25. The molecule has 3 heteroatoms. The average Bonchev–Trinajstić information content (AvgIpc) is 2.78. The second-order valence-electron chi connectivity index (χ2n) is 5.07. The minimum Gasteiger partial charge on any atom is -0.343 e. The second kappa shape index (κ2) is 5.10. The van der Waals surface area contributed by atoms with Gasteiger partial charge in [0, 0.05) is 30.2 Å². The van der Waals surface area contributed by atoms with E-state index in [0.717, 1.165) is 11.1 Å². The molecule has 0 amide bonds. The van der Waals surface area contributed by atoms with Gasteiger partial charge in [0.2, 0.25) is 0 Å². The molecule has 0 fully saturated rings. The highest BCUT2D eigenvalue weighted by Crippen LogP contribution is 2.22. The summed E-state index contributed by atoms with van der Waals surface area (Å²) in [5.74, 6) is -0.234. The fraction of sp³-hybridized carbons (Fsp3) is 0.176. The number of aryl methyl sites for hydroxylation is 1. The molecular weight excluding hydrogens is 251 g/mol. The Hall–Kier alpha value is -2.13.